The fourth-order valence-electron chi connectivity index (χ4n) is 3.31. The van der Waals surface area contributed by atoms with Gasteiger partial charge < -0.3 is 16.0 Å². The van der Waals surface area contributed by atoms with Gasteiger partial charge in [-0.2, -0.15) is 0 Å². The molecule has 0 saturated carbocycles. The molecule has 0 saturated heterocycles. The normalized spacial score (nSPS) is 13.4. The van der Waals surface area contributed by atoms with Crippen LogP contribution in [-0.2, 0) is 6.42 Å². The molecule has 0 fully saturated rings. The number of rotatable bonds is 3. The first-order chi connectivity index (χ1) is 12.6. The summed E-state index contributed by atoms with van der Waals surface area (Å²) in [7, 11) is 0. The number of nitrogens with one attached hydrogen (secondary N) is 1. The average Bonchev–Trinajstić information content (AvgIpc) is 2.66. The highest BCUT2D eigenvalue weighted by Crippen LogP contribution is 2.37. The van der Waals surface area contributed by atoms with Crippen molar-refractivity contribution in [2.75, 3.05) is 22.5 Å². The third-order valence-electron chi connectivity index (χ3n) is 4.68. The maximum atomic E-state index is 6.45. The Morgan fingerprint density at radius 2 is 2.00 bits per heavy atom. The number of anilines is 5. The van der Waals surface area contributed by atoms with E-state index in [9.17, 15) is 0 Å². The second-order valence-electron chi connectivity index (χ2n) is 6.43. The molecule has 0 spiro atoms. The zero-order valence-corrected chi connectivity index (χ0v) is 15.3. The highest BCUT2D eigenvalue weighted by atomic mass is 35.5. The fraction of sp³-hybridized carbons (Fsp3) is 0.200. The van der Waals surface area contributed by atoms with Crippen molar-refractivity contribution < 1.29 is 0 Å². The number of nitrogens with zero attached hydrogens (tertiary/aromatic N) is 3. The van der Waals surface area contributed by atoms with Gasteiger partial charge in [-0.3, -0.25) is 0 Å². The van der Waals surface area contributed by atoms with E-state index in [1.807, 2.05) is 31.2 Å². The minimum absolute atomic E-state index is 0.531. The van der Waals surface area contributed by atoms with E-state index < -0.39 is 0 Å². The molecule has 0 atom stereocenters. The topological polar surface area (TPSA) is 67.1 Å². The lowest BCUT2D eigenvalue weighted by atomic mass is 10.0. The second-order valence-corrected chi connectivity index (χ2v) is 6.86. The minimum Gasteiger partial charge on any atom is -0.393 e. The number of nitrogens with two attached hydrogens (primary N) is 1. The lowest BCUT2D eigenvalue weighted by Crippen LogP contribution is -2.26. The first-order valence-corrected chi connectivity index (χ1v) is 9.00. The summed E-state index contributed by atoms with van der Waals surface area (Å²) < 4.78 is 0. The molecule has 2 aromatic carbocycles. The summed E-state index contributed by atoms with van der Waals surface area (Å²) in [5.41, 5.74) is 11.4. The molecule has 1 aliphatic heterocycles. The van der Waals surface area contributed by atoms with E-state index in [-0.39, 0.29) is 0 Å². The first kappa shape index (κ1) is 16.7. The smallest absolute Gasteiger partial charge is 0.161 e. The van der Waals surface area contributed by atoms with Gasteiger partial charge in [-0.15, -0.1) is 0 Å². The monoisotopic (exact) mass is 365 g/mol. The molecule has 1 aromatic heterocycles. The van der Waals surface area contributed by atoms with Crippen LogP contribution in [0.1, 0.15) is 17.5 Å². The molecule has 0 amide bonds. The maximum absolute atomic E-state index is 6.45. The van der Waals surface area contributed by atoms with E-state index in [4.69, 9.17) is 17.3 Å². The number of para-hydroxylation sites is 1. The van der Waals surface area contributed by atoms with Crippen molar-refractivity contribution in [2.24, 2.45) is 0 Å². The molecule has 5 nitrogen and oxygen atoms in total. The van der Waals surface area contributed by atoms with Gasteiger partial charge in [0.15, 0.2) is 11.6 Å². The quantitative estimate of drug-likeness (QED) is 0.694. The molecule has 3 N–H and O–H groups in total. The highest BCUT2D eigenvalue weighted by molar-refractivity contribution is 6.30. The van der Waals surface area contributed by atoms with Crippen molar-refractivity contribution in [1.29, 1.82) is 0 Å². The Labute approximate surface area is 157 Å². The Bertz CT molecular complexity index is 957. The van der Waals surface area contributed by atoms with Crippen LogP contribution < -0.4 is 16.0 Å². The van der Waals surface area contributed by atoms with Crippen LogP contribution in [0, 0.1) is 6.92 Å². The van der Waals surface area contributed by atoms with Crippen LogP contribution >= 0.6 is 11.6 Å². The molecule has 6 heteroatoms. The molecule has 4 rings (SSSR count). The molecule has 0 aliphatic carbocycles. The van der Waals surface area contributed by atoms with Crippen LogP contribution in [0.3, 0.4) is 0 Å². The van der Waals surface area contributed by atoms with Crippen LogP contribution in [-0.4, -0.2) is 16.5 Å². The first-order valence-electron chi connectivity index (χ1n) is 8.62. The van der Waals surface area contributed by atoms with Crippen LogP contribution in [0.4, 0.5) is 28.7 Å². The Kier molecular flexibility index (Phi) is 4.39. The largest absolute Gasteiger partial charge is 0.393 e. The summed E-state index contributed by atoms with van der Waals surface area (Å²) in [6.07, 6.45) is 3.69. The number of nitrogen functional groups attached to an aromatic ring is 1. The SMILES string of the molecule is Cc1ccc(Cl)cc1Nc1ncnc(N2CCCc3ccccc32)c1N. The predicted octanol–water partition coefficient (Wildman–Crippen LogP) is 4.85. The maximum Gasteiger partial charge on any atom is 0.161 e. The van der Waals surface area contributed by atoms with Crippen LogP contribution in [0.5, 0.6) is 0 Å². The van der Waals surface area contributed by atoms with E-state index in [0.29, 0.717) is 16.5 Å². The fourth-order valence-corrected chi connectivity index (χ4v) is 3.48. The Morgan fingerprint density at radius 1 is 1.15 bits per heavy atom. The third kappa shape index (κ3) is 3.06. The van der Waals surface area contributed by atoms with Crippen molar-refractivity contribution in [3.05, 3.63) is 64.9 Å². The molecule has 0 unspecified atom stereocenters. The number of aromatic nitrogens is 2. The van der Waals surface area contributed by atoms with Crippen molar-refractivity contribution in [2.45, 2.75) is 19.8 Å². The van der Waals surface area contributed by atoms with Gasteiger partial charge in [-0.1, -0.05) is 35.9 Å². The van der Waals surface area contributed by atoms with Gasteiger partial charge in [0, 0.05) is 22.9 Å². The summed E-state index contributed by atoms with van der Waals surface area (Å²) in [6, 6.07) is 14.1. The summed E-state index contributed by atoms with van der Waals surface area (Å²) in [5.74, 6) is 1.32. The molecular weight excluding hydrogens is 346 g/mol. The highest BCUT2D eigenvalue weighted by Gasteiger charge is 2.22. The molecule has 3 aromatic rings. The molecule has 1 aliphatic rings. The molecule has 0 radical (unpaired) electrons. The van der Waals surface area contributed by atoms with Gasteiger partial charge in [-0.05, 0) is 49.1 Å². The van der Waals surface area contributed by atoms with Gasteiger partial charge in [-0.25, -0.2) is 9.97 Å². The predicted molar refractivity (Wildman–Crippen MR) is 108 cm³/mol. The molecular formula is C20H20ClN5. The number of hydrogen-bond donors (Lipinski definition) is 2. The summed E-state index contributed by atoms with van der Waals surface area (Å²) in [6.45, 7) is 2.89. The van der Waals surface area contributed by atoms with Gasteiger partial charge in [0.25, 0.3) is 0 Å². The van der Waals surface area contributed by atoms with E-state index in [1.165, 1.54) is 5.56 Å². The lowest BCUT2D eigenvalue weighted by Gasteiger charge is -2.31. The molecule has 26 heavy (non-hydrogen) atoms. The van der Waals surface area contributed by atoms with E-state index in [2.05, 4.69) is 38.4 Å². The summed E-state index contributed by atoms with van der Waals surface area (Å²) in [4.78, 5) is 11.0. The van der Waals surface area contributed by atoms with Gasteiger partial charge in [0.1, 0.15) is 12.0 Å². The van der Waals surface area contributed by atoms with Crippen molar-refractivity contribution in [1.82, 2.24) is 9.97 Å². The molecule has 2 heterocycles. The number of hydrogen-bond acceptors (Lipinski definition) is 5. The Hall–Kier alpha value is -2.79. The van der Waals surface area contributed by atoms with Crippen molar-refractivity contribution in [3.63, 3.8) is 0 Å². The summed E-state index contributed by atoms with van der Waals surface area (Å²) in [5, 5.41) is 3.96. The second kappa shape index (κ2) is 6.84. The Morgan fingerprint density at radius 3 is 2.88 bits per heavy atom. The van der Waals surface area contributed by atoms with Gasteiger partial charge in [0.05, 0.1) is 0 Å². The van der Waals surface area contributed by atoms with Crippen LogP contribution in [0.25, 0.3) is 0 Å². The van der Waals surface area contributed by atoms with E-state index >= 15 is 0 Å². The minimum atomic E-state index is 0.531. The zero-order valence-electron chi connectivity index (χ0n) is 14.5. The molecule has 0 bridgehead atoms. The van der Waals surface area contributed by atoms with Crippen LogP contribution in [0.15, 0.2) is 48.8 Å². The van der Waals surface area contributed by atoms with E-state index in [0.717, 1.165) is 42.1 Å². The van der Waals surface area contributed by atoms with Gasteiger partial charge in [0.2, 0.25) is 0 Å². The standard InChI is InChI=1S/C20H20ClN5/c1-13-8-9-15(21)11-16(13)25-19-18(22)20(24-12-23-19)26-10-4-6-14-5-2-3-7-17(14)26/h2-3,5,7-9,11-12H,4,6,10,22H2,1H3,(H,23,24,25). The number of aryl methyl sites for hydroxylation is 2. The zero-order chi connectivity index (χ0) is 18.1. The third-order valence-corrected chi connectivity index (χ3v) is 4.92. The number of benzene rings is 2. The van der Waals surface area contributed by atoms with E-state index in [1.54, 1.807) is 6.33 Å². The lowest BCUT2D eigenvalue weighted by molar-refractivity contribution is 0.759. The number of fused-ring (bicyclic) bond motifs is 1. The molecule has 132 valence electrons. The van der Waals surface area contributed by atoms with Crippen LogP contribution in [0.2, 0.25) is 5.02 Å². The summed E-state index contributed by atoms with van der Waals surface area (Å²) >= 11 is 6.12. The average molecular weight is 366 g/mol. The van der Waals surface area contributed by atoms with Crippen molar-refractivity contribution in [3.8, 4) is 0 Å². The van der Waals surface area contributed by atoms with Gasteiger partial charge >= 0.3 is 0 Å². The van der Waals surface area contributed by atoms with Crippen molar-refractivity contribution >= 4 is 40.3 Å². The number of halogens is 1. The Balaban J connectivity index is 1.72.